The van der Waals surface area contributed by atoms with Crippen LogP contribution in [-0.2, 0) is 5.41 Å². The maximum Gasteiger partial charge on any atom is 0.123 e. The molecule has 3 heterocycles. The molecular weight excluding hydrogens is 620 g/mol. The number of benzene rings is 7. The van der Waals surface area contributed by atoms with Crippen LogP contribution in [0.4, 0.5) is 21.5 Å². The number of rotatable bonds is 3. The lowest BCUT2D eigenvalue weighted by molar-refractivity contribution is 0.627. The van der Waals surface area contributed by atoms with E-state index in [1.165, 1.54) is 64.2 Å². The highest BCUT2D eigenvalue weighted by molar-refractivity contribution is 7.25. The van der Waals surface area contributed by atoms with Gasteiger partial charge in [-0.1, -0.05) is 80.6 Å². The van der Waals surface area contributed by atoms with Crippen molar-refractivity contribution in [1.82, 2.24) is 4.57 Å². The molecule has 49 heavy (non-hydrogen) atoms. The van der Waals surface area contributed by atoms with Crippen molar-refractivity contribution in [3.63, 3.8) is 0 Å². The van der Waals surface area contributed by atoms with Gasteiger partial charge in [-0.25, -0.2) is 4.39 Å². The number of thiophene rings is 1. The molecule has 0 amide bonds. The van der Waals surface area contributed by atoms with Crippen molar-refractivity contribution in [1.29, 1.82) is 0 Å². The Morgan fingerprint density at radius 3 is 2.04 bits per heavy atom. The van der Waals surface area contributed by atoms with Gasteiger partial charge >= 0.3 is 0 Å². The van der Waals surface area contributed by atoms with Gasteiger partial charge in [0.2, 0.25) is 0 Å². The largest absolute Gasteiger partial charge is 0.310 e. The van der Waals surface area contributed by atoms with E-state index in [1.54, 1.807) is 12.1 Å². The summed E-state index contributed by atoms with van der Waals surface area (Å²) in [5.41, 5.74) is 11.4. The van der Waals surface area contributed by atoms with Crippen molar-refractivity contribution in [2.75, 3.05) is 4.90 Å². The van der Waals surface area contributed by atoms with E-state index in [4.69, 9.17) is 0 Å². The summed E-state index contributed by atoms with van der Waals surface area (Å²) < 4.78 is 19.2. The molecule has 4 heteroatoms. The molecule has 1 aliphatic rings. The van der Waals surface area contributed by atoms with E-state index in [-0.39, 0.29) is 11.2 Å². The minimum atomic E-state index is -0.312. The monoisotopic (exact) mass is 650 g/mol. The van der Waals surface area contributed by atoms with Crippen LogP contribution in [0.1, 0.15) is 25.0 Å². The highest BCUT2D eigenvalue weighted by Crippen LogP contribution is 2.56. The van der Waals surface area contributed by atoms with Crippen molar-refractivity contribution >= 4 is 70.4 Å². The van der Waals surface area contributed by atoms with Crippen molar-refractivity contribution in [3.8, 4) is 16.8 Å². The zero-order valence-corrected chi connectivity index (χ0v) is 27.9. The van der Waals surface area contributed by atoms with Crippen LogP contribution in [0.5, 0.6) is 0 Å². The van der Waals surface area contributed by atoms with Crippen LogP contribution >= 0.6 is 11.3 Å². The zero-order chi connectivity index (χ0) is 32.9. The number of anilines is 3. The van der Waals surface area contributed by atoms with Crippen LogP contribution in [0.3, 0.4) is 0 Å². The lowest BCUT2D eigenvalue weighted by Gasteiger charge is -2.42. The predicted octanol–water partition coefficient (Wildman–Crippen LogP) is 13.1. The summed E-state index contributed by atoms with van der Waals surface area (Å²) in [7, 11) is 0. The maximum atomic E-state index is 14.2. The fraction of sp³-hybridized carbons (Fsp3) is 0.0667. The van der Waals surface area contributed by atoms with Crippen LogP contribution in [-0.4, -0.2) is 4.57 Å². The first kappa shape index (κ1) is 28.3. The van der Waals surface area contributed by atoms with E-state index < -0.39 is 0 Å². The van der Waals surface area contributed by atoms with Gasteiger partial charge in [-0.05, 0) is 107 Å². The molecule has 0 spiro atoms. The summed E-state index contributed by atoms with van der Waals surface area (Å²) in [6, 6.07) is 53.2. The van der Waals surface area contributed by atoms with E-state index in [2.05, 4.69) is 151 Å². The topological polar surface area (TPSA) is 8.17 Å². The number of nitrogens with zero attached hydrogens (tertiary/aromatic N) is 2. The lowest BCUT2D eigenvalue weighted by Crippen LogP contribution is -2.31. The van der Waals surface area contributed by atoms with Gasteiger partial charge in [-0.2, -0.15) is 0 Å². The molecule has 0 radical (unpaired) electrons. The van der Waals surface area contributed by atoms with E-state index in [9.17, 15) is 4.39 Å². The van der Waals surface area contributed by atoms with Crippen LogP contribution in [0.15, 0.2) is 152 Å². The maximum absolute atomic E-state index is 14.2. The lowest BCUT2D eigenvalue weighted by atomic mass is 9.71. The van der Waals surface area contributed by atoms with Crippen molar-refractivity contribution in [3.05, 3.63) is 169 Å². The molecule has 9 aromatic rings. The summed E-state index contributed by atoms with van der Waals surface area (Å²) in [4.78, 5) is 2.32. The molecule has 0 saturated carbocycles. The minimum absolute atomic E-state index is 0.236. The Balaban J connectivity index is 1.21. The van der Waals surface area contributed by atoms with Crippen molar-refractivity contribution in [2.45, 2.75) is 19.3 Å². The molecule has 2 aromatic heterocycles. The molecule has 0 fully saturated rings. The summed E-state index contributed by atoms with van der Waals surface area (Å²) in [6.45, 7) is 4.72. The molecule has 7 aromatic carbocycles. The Labute approximate surface area is 287 Å². The van der Waals surface area contributed by atoms with Crippen LogP contribution < -0.4 is 4.90 Å². The van der Waals surface area contributed by atoms with Crippen molar-refractivity contribution < 1.29 is 4.39 Å². The van der Waals surface area contributed by atoms with Crippen LogP contribution in [0, 0.1) is 5.82 Å². The molecule has 10 rings (SSSR count). The summed E-state index contributed by atoms with van der Waals surface area (Å²) in [5, 5.41) is 5.07. The van der Waals surface area contributed by atoms with Gasteiger partial charge in [0.25, 0.3) is 0 Å². The minimum Gasteiger partial charge on any atom is -0.310 e. The van der Waals surface area contributed by atoms with Crippen LogP contribution in [0.2, 0.25) is 0 Å². The number of hydrogen-bond acceptors (Lipinski definition) is 2. The number of fused-ring (bicyclic) bond motifs is 9. The van der Waals surface area contributed by atoms with Gasteiger partial charge in [-0.3, -0.25) is 0 Å². The molecule has 234 valence electrons. The second-order valence-electron chi connectivity index (χ2n) is 13.5. The van der Waals surface area contributed by atoms with E-state index >= 15 is 0 Å². The van der Waals surface area contributed by atoms with E-state index in [0.717, 1.165) is 22.7 Å². The van der Waals surface area contributed by atoms with Gasteiger partial charge in [0.1, 0.15) is 5.82 Å². The van der Waals surface area contributed by atoms with Gasteiger partial charge in [0.05, 0.1) is 22.4 Å². The second-order valence-corrected chi connectivity index (χ2v) is 14.6. The average molecular weight is 651 g/mol. The van der Waals surface area contributed by atoms with E-state index in [0.29, 0.717) is 0 Å². The van der Waals surface area contributed by atoms with Gasteiger partial charge in [0, 0.05) is 47.7 Å². The highest BCUT2D eigenvalue weighted by Gasteiger charge is 2.39. The number of para-hydroxylation sites is 2. The molecule has 1 aliphatic heterocycles. The third-order valence-corrected chi connectivity index (χ3v) is 11.5. The molecular formula is C45H31FN2S. The first-order valence-corrected chi connectivity index (χ1v) is 17.5. The van der Waals surface area contributed by atoms with Gasteiger partial charge < -0.3 is 9.47 Å². The summed E-state index contributed by atoms with van der Waals surface area (Å²) in [6.07, 6.45) is 0. The quantitative estimate of drug-likeness (QED) is 0.185. The van der Waals surface area contributed by atoms with Gasteiger partial charge in [-0.15, -0.1) is 11.3 Å². The standard InChI is InChI=1S/C45H31FN2S/c1-45(2)36-27-29(28-16-22-38-35(26-28)33-12-6-8-14-37(33)47(38)31-10-4-3-5-11-31)17-23-39(36)48(32-20-18-30(46)19-21-32)40-24-25-42-43(44(40)45)34-13-7-9-15-41(34)49-42/h3-27H,1-2H3. The predicted molar refractivity (Wildman–Crippen MR) is 206 cm³/mol. The average Bonchev–Trinajstić information content (AvgIpc) is 3.68. The molecule has 2 nitrogen and oxygen atoms in total. The molecule has 0 N–H and O–H groups in total. The Morgan fingerprint density at radius 1 is 0.531 bits per heavy atom. The Hall–Kier alpha value is -5.71. The number of halogens is 1. The smallest absolute Gasteiger partial charge is 0.123 e. The Kier molecular flexibility index (Phi) is 6.01. The molecule has 0 saturated heterocycles. The first-order valence-electron chi connectivity index (χ1n) is 16.7. The Morgan fingerprint density at radius 2 is 1.20 bits per heavy atom. The fourth-order valence-corrected chi connectivity index (χ4v) is 9.29. The molecule has 0 aliphatic carbocycles. The second kappa shape index (κ2) is 10.4. The Bertz CT molecular complexity index is 2750. The zero-order valence-electron chi connectivity index (χ0n) is 27.1. The third-order valence-electron chi connectivity index (χ3n) is 10.4. The van der Waals surface area contributed by atoms with Gasteiger partial charge in [0.15, 0.2) is 0 Å². The van der Waals surface area contributed by atoms with Crippen molar-refractivity contribution in [2.24, 2.45) is 0 Å². The SMILES string of the molecule is CC1(C)c2cc(-c3ccc4c(c3)c3ccccc3n4-c3ccccc3)ccc2N(c2ccc(F)cc2)c2ccc3sc4ccccc4c3c21. The summed E-state index contributed by atoms with van der Waals surface area (Å²) >= 11 is 1.85. The first-order chi connectivity index (χ1) is 24.0. The van der Waals surface area contributed by atoms with E-state index in [1.807, 2.05) is 23.5 Å². The third kappa shape index (κ3) is 4.11. The number of aromatic nitrogens is 1. The fourth-order valence-electron chi connectivity index (χ4n) is 8.18. The normalized spacial score (nSPS) is 13.7. The number of hydrogen-bond donors (Lipinski definition) is 0. The highest BCUT2D eigenvalue weighted by atomic mass is 32.1. The molecule has 0 unspecified atom stereocenters. The van der Waals surface area contributed by atoms with Crippen LogP contribution in [0.25, 0.3) is 58.8 Å². The molecule has 0 atom stereocenters. The molecule has 0 bridgehead atoms. The summed E-state index contributed by atoms with van der Waals surface area (Å²) in [5.74, 6) is -0.236.